The van der Waals surface area contributed by atoms with Crippen LogP contribution in [-0.2, 0) is 29.9 Å². The lowest BCUT2D eigenvalue weighted by Crippen LogP contribution is -2.45. The number of amides is 1. The largest absolute Gasteiger partial charge is 0.461 e. The number of hydrogen-bond acceptors (Lipinski definition) is 6. The van der Waals surface area contributed by atoms with Gasteiger partial charge in [0, 0.05) is 23.5 Å². The number of Topliss-reactive ketones (excluding diaryl/α,β-unsaturated/α-hetero) is 1. The van der Waals surface area contributed by atoms with E-state index in [-0.39, 0.29) is 18.9 Å². The number of carbonyl (C=O) groups excluding carboxylic acids is 3. The molecule has 142 valence electrons. The molecule has 0 heterocycles. The van der Waals surface area contributed by atoms with Crippen molar-refractivity contribution in [2.75, 3.05) is 6.26 Å². The molecule has 0 spiro atoms. The van der Waals surface area contributed by atoms with Crippen LogP contribution < -0.4 is 5.32 Å². The molecular formula is C18H24N2O5S. The van der Waals surface area contributed by atoms with Crippen LogP contribution >= 0.6 is 0 Å². The lowest BCUT2D eigenvalue weighted by Gasteiger charge is -2.21. The Hall–Kier alpha value is -2.35. The molecule has 0 aliphatic rings. The summed E-state index contributed by atoms with van der Waals surface area (Å²) in [6.45, 7) is 3.35. The van der Waals surface area contributed by atoms with Gasteiger partial charge < -0.3 is 15.5 Å². The maximum Gasteiger partial charge on any atom is 0.328 e. The van der Waals surface area contributed by atoms with Gasteiger partial charge in [-0.1, -0.05) is 30.3 Å². The molecule has 1 rings (SSSR count). The van der Waals surface area contributed by atoms with Crippen LogP contribution in [0.1, 0.15) is 37.5 Å². The highest BCUT2D eigenvalue weighted by Crippen LogP contribution is 2.19. The summed E-state index contributed by atoms with van der Waals surface area (Å²) in [6.07, 6.45) is 1.62. The minimum Gasteiger partial charge on any atom is -0.461 e. The molecule has 8 heteroatoms. The standard InChI is InChI=1S/C18H24N2O5S/c1-12(2)25-18(23)15(10-9-14(21)11-19)20-17(22)16(26(3)24)13-7-5-4-6-8-13/h4-8,11-12,15-16,19H,9-10H2,1-3H3,(H,20,22)/t15-,16-,26?/m0/s1. The van der Waals surface area contributed by atoms with Crippen molar-refractivity contribution in [2.45, 2.75) is 44.1 Å². The third-order valence-corrected chi connectivity index (χ3v) is 4.62. The number of ether oxygens (including phenoxy) is 1. The first-order chi connectivity index (χ1) is 12.3. The molecule has 1 amide bonds. The lowest BCUT2D eigenvalue weighted by atomic mass is 10.1. The summed E-state index contributed by atoms with van der Waals surface area (Å²) < 4.78 is 17.2. The van der Waals surface area contributed by atoms with E-state index in [0.717, 1.165) is 0 Å². The summed E-state index contributed by atoms with van der Waals surface area (Å²) in [5.41, 5.74) is 0.567. The predicted octanol–water partition coefficient (Wildman–Crippen LogP) is 1.54. The van der Waals surface area contributed by atoms with Crippen molar-refractivity contribution < 1.29 is 23.3 Å². The molecule has 3 atom stereocenters. The van der Waals surface area contributed by atoms with Gasteiger partial charge in [0.05, 0.1) is 12.3 Å². The Balaban J connectivity index is 2.96. The minimum atomic E-state index is -1.51. The molecule has 0 aliphatic heterocycles. The maximum absolute atomic E-state index is 12.7. The molecule has 0 aliphatic carbocycles. The Morgan fingerprint density at radius 2 is 1.85 bits per heavy atom. The van der Waals surface area contributed by atoms with E-state index < -0.39 is 39.8 Å². The zero-order chi connectivity index (χ0) is 19.7. The van der Waals surface area contributed by atoms with Crippen molar-refractivity contribution in [1.82, 2.24) is 5.32 Å². The van der Waals surface area contributed by atoms with Gasteiger partial charge in [0.2, 0.25) is 5.91 Å². The van der Waals surface area contributed by atoms with E-state index in [4.69, 9.17) is 10.1 Å². The van der Waals surface area contributed by atoms with E-state index in [0.29, 0.717) is 11.8 Å². The molecule has 0 saturated heterocycles. The van der Waals surface area contributed by atoms with Crippen molar-refractivity contribution in [3.8, 4) is 0 Å². The first-order valence-corrected chi connectivity index (χ1v) is 9.79. The van der Waals surface area contributed by atoms with E-state index in [1.54, 1.807) is 44.2 Å². The van der Waals surface area contributed by atoms with Crippen LogP contribution in [0.25, 0.3) is 0 Å². The summed E-state index contributed by atoms with van der Waals surface area (Å²) >= 11 is 0. The summed E-state index contributed by atoms with van der Waals surface area (Å²) in [4.78, 5) is 36.2. The van der Waals surface area contributed by atoms with Crippen molar-refractivity contribution in [1.29, 1.82) is 5.41 Å². The first-order valence-electron chi connectivity index (χ1n) is 8.17. The van der Waals surface area contributed by atoms with Crippen LogP contribution in [0.2, 0.25) is 0 Å². The molecule has 0 aromatic heterocycles. The Bertz CT molecular complexity index is 675. The van der Waals surface area contributed by atoms with Crippen LogP contribution in [-0.4, -0.2) is 46.5 Å². The number of nitrogens with one attached hydrogen (secondary N) is 2. The topological polar surface area (TPSA) is 113 Å². The van der Waals surface area contributed by atoms with Gasteiger partial charge >= 0.3 is 5.97 Å². The van der Waals surface area contributed by atoms with E-state index in [1.165, 1.54) is 6.26 Å². The number of rotatable bonds is 10. The molecule has 0 bridgehead atoms. The van der Waals surface area contributed by atoms with Crippen molar-refractivity contribution in [3.63, 3.8) is 0 Å². The van der Waals surface area contributed by atoms with E-state index in [2.05, 4.69) is 5.32 Å². The smallest absolute Gasteiger partial charge is 0.328 e. The van der Waals surface area contributed by atoms with E-state index in [1.807, 2.05) is 0 Å². The molecule has 7 nitrogen and oxygen atoms in total. The van der Waals surface area contributed by atoms with Gasteiger partial charge in [0.25, 0.3) is 0 Å². The van der Waals surface area contributed by atoms with Gasteiger partial charge in [-0.25, -0.2) is 4.79 Å². The van der Waals surface area contributed by atoms with Gasteiger partial charge in [0.15, 0.2) is 5.78 Å². The molecule has 0 fully saturated rings. The van der Waals surface area contributed by atoms with Crippen molar-refractivity contribution >= 4 is 34.7 Å². The maximum atomic E-state index is 12.7. The third-order valence-electron chi connectivity index (χ3n) is 3.47. The average Bonchev–Trinajstić information content (AvgIpc) is 2.58. The quantitative estimate of drug-likeness (QED) is 0.472. The summed E-state index contributed by atoms with van der Waals surface area (Å²) in [6, 6.07) is 7.56. The molecule has 1 aromatic carbocycles. The Labute approximate surface area is 155 Å². The average molecular weight is 380 g/mol. The molecule has 2 N–H and O–H groups in total. The molecular weight excluding hydrogens is 356 g/mol. The Kier molecular flexibility index (Phi) is 8.84. The lowest BCUT2D eigenvalue weighted by molar-refractivity contribution is -0.151. The fraction of sp³-hybridized carbons (Fsp3) is 0.444. The van der Waals surface area contributed by atoms with Gasteiger partial charge in [-0.3, -0.25) is 13.8 Å². The SMILES string of the molecule is CC(C)OC(=O)[C@H](CCC(=O)C=N)NC(=O)[C@H](c1ccccc1)S(C)=O. The van der Waals surface area contributed by atoms with Crippen molar-refractivity contribution in [3.05, 3.63) is 35.9 Å². The Morgan fingerprint density at radius 1 is 1.23 bits per heavy atom. The molecule has 0 radical (unpaired) electrons. The molecule has 0 saturated carbocycles. The normalized spacial score (nSPS) is 14.2. The van der Waals surface area contributed by atoms with Crippen LogP contribution in [0.3, 0.4) is 0 Å². The van der Waals surface area contributed by atoms with E-state index >= 15 is 0 Å². The Morgan fingerprint density at radius 3 is 2.35 bits per heavy atom. The number of esters is 1. The third kappa shape index (κ3) is 6.87. The molecule has 1 aromatic rings. The molecule has 1 unspecified atom stereocenters. The van der Waals surface area contributed by atoms with Gasteiger partial charge in [-0.15, -0.1) is 0 Å². The second-order valence-corrected chi connectivity index (χ2v) is 7.45. The fourth-order valence-corrected chi connectivity index (χ4v) is 3.20. The minimum absolute atomic E-state index is 0.00334. The highest BCUT2D eigenvalue weighted by Gasteiger charge is 2.30. The summed E-state index contributed by atoms with van der Waals surface area (Å²) in [7, 11) is -1.51. The highest BCUT2D eigenvalue weighted by molar-refractivity contribution is 7.85. The van der Waals surface area contributed by atoms with E-state index in [9.17, 15) is 18.6 Å². The van der Waals surface area contributed by atoms with Crippen LogP contribution in [0, 0.1) is 5.41 Å². The van der Waals surface area contributed by atoms with Crippen molar-refractivity contribution in [2.24, 2.45) is 0 Å². The number of hydrogen-bond donors (Lipinski definition) is 2. The van der Waals surface area contributed by atoms with Crippen LogP contribution in [0.5, 0.6) is 0 Å². The number of benzene rings is 1. The first kappa shape index (κ1) is 21.7. The second kappa shape index (κ2) is 10.6. The van der Waals surface area contributed by atoms with Crippen LogP contribution in [0.4, 0.5) is 0 Å². The number of ketones is 1. The predicted molar refractivity (Wildman–Crippen MR) is 99.4 cm³/mol. The monoisotopic (exact) mass is 380 g/mol. The van der Waals surface area contributed by atoms with Crippen LogP contribution in [0.15, 0.2) is 30.3 Å². The molecule has 26 heavy (non-hydrogen) atoms. The fourth-order valence-electron chi connectivity index (χ4n) is 2.29. The second-order valence-electron chi connectivity index (χ2n) is 5.99. The van der Waals surface area contributed by atoms with Gasteiger partial charge in [0.1, 0.15) is 11.3 Å². The zero-order valence-corrected chi connectivity index (χ0v) is 15.9. The highest BCUT2D eigenvalue weighted by atomic mass is 32.2. The zero-order valence-electron chi connectivity index (χ0n) is 15.1. The van der Waals surface area contributed by atoms with Gasteiger partial charge in [-0.2, -0.15) is 0 Å². The summed E-state index contributed by atoms with van der Waals surface area (Å²) in [5.74, 6) is -1.70. The van der Waals surface area contributed by atoms with Gasteiger partial charge in [-0.05, 0) is 25.8 Å². The number of carbonyl (C=O) groups is 3. The summed E-state index contributed by atoms with van der Waals surface area (Å²) in [5, 5.41) is 8.54.